The normalized spacial score (nSPS) is 14.3. The highest BCUT2D eigenvalue weighted by molar-refractivity contribution is 5.94. The van der Waals surface area contributed by atoms with E-state index in [1.807, 2.05) is 12.1 Å². The number of carbonyl (C=O) groups is 2. The van der Waals surface area contributed by atoms with Crippen LogP contribution in [-0.4, -0.2) is 43.1 Å². The number of carbonyl (C=O) groups excluding carboxylic acids is 2. The van der Waals surface area contributed by atoms with Crippen LogP contribution in [0, 0.1) is 5.82 Å². The van der Waals surface area contributed by atoms with Gasteiger partial charge in [-0.15, -0.1) is 0 Å². The topological polar surface area (TPSA) is 89.0 Å². The second-order valence-corrected chi connectivity index (χ2v) is 6.50. The molecule has 0 bridgehead atoms. The third-order valence-electron chi connectivity index (χ3n) is 4.68. The van der Waals surface area contributed by atoms with Gasteiger partial charge in [0.1, 0.15) is 11.4 Å². The number of furan rings is 1. The fraction of sp³-hybridized carbons (Fsp3) is 0.200. The summed E-state index contributed by atoms with van der Waals surface area (Å²) in [5.41, 5.74) is 6.91. The van der Waals surface area contributed by atoms with Gasteiger partial charge >= 0.3 is 6.09 Å². The number of piperazine rings is 1. The number of benzene rings is 2. The molecule has 1 fully saturated rings. The molecule has 2 aromatic carbocycles. The highest BCUT2D eigenvalue weighted by Crippen LogP contribution is 2.29. The molecule has 0 saturated carbocycles. The van der Waals surface area contributed by atoms with Crippen LogP contribution in [0.3, 0.4) is 0 Å². The van der Waals surface area contributed by atoms with Gasteiger partial charge in [-0.2, -0.15) is 0 Å². The van der Waals surface area contributed by atoms with E-state index in [0.29, 0.717) is 37.3 Å². The number of nitrogens with zero attached hydrogens (tertiary/aromatic N) is 2. The second kappa shape index (κ2) is 7.22. The lowest BCUT2D eigenvalue weighted by molar-refractivity contribution is 0.0746. The van der Waals surface area contributed by atoms with E-state index in [2.05, 4.69) is 4.90 Å². The first-order chi connectivity index (χ1) is 13.5. The Bertz CT molecular complexity index is 1040. The smallest absolute Gasteiger partial charge is 0.412 e. The second-order valence-electron chi connectivity index (χ2n) is 6.50. The Kier molecular flexibility index (Phi) is 4.60. The molecule has 0 unspecified atom stereocenters. The third-order valence-corrected chi connectivity index (χ3v) is 4.68. The van der Waals surface area contributed by atoms with Gasteiger partial charge < -0.3 is 24.7 Å². The van der Waals surface area contributed by atoms with Crippen LogP contribution < -0.4 is 15.4 Å². The molecule has 1 saturated heterocycles. The summed E-state index contributed by atoms with van der Waals surface area (Å²) >= 11 is 0. The monoisotopic (exact) mass is 383 g/mol. The summed E-state index contributed by atoms with van der Waals surface area (Å²) in [6.45, 7) is 2.37. The molecular formula is C20H18FN3O4. The van der Waals surface area contributed by atoms with E-state index < -0.39 is 11.9 Å². The van der Waals surface area contributed by atoms with Gasteiger partial charge in [0, 0.05) is 48.9 Å². The van der Waals surface area contributed by atoms with Crippen LogP contribution in [0.1, 0.15) is 10.4 Å². The van der Waals surface area contributed by atoms with Crippen LogP contribution in [0.25, 0.3) is 11.0 Å². The minimum absolute atomic E-state index is 0.0464. The zero-order valence-corrected chi connectivity index (χ0v) is 14.9. The number of anilines is 1. The van der Waals surface area contributed by atoms with E-state index in [9.17, 15) is 14.0 Å². The number of hydrogen-bond acceptors (Lipinski definition) is 5. The summed E-state index contributed by atoms with van der Waals surface area (Å²) in [5.74, 6) is -0.541. The molecule has 2 amide bonds. The number of nitrogens with two attached hydrogens (primary N) is 1. The number of primary amides is 1. The average Bonchev–Trinajstić information content (AvgIpc) is 3.08. The summed E-state index contributed by atoms with van der Waals surface area (Å²) in [6, 6.07) is 13.0. The maximum atomic E-state index is 13.4. The third kappa shape index (κ3) is 3.62. The van der Waals surface area contributed by atoms with Gasteiger partial charge in [-0.05, 0) is 36.4 Å². The Morgan fingerprint density at radius 3 is 2.54 bits per heavy atom. The van der Waals surface area contributed by atoms with Crippen LogP contribution >= 0.6 is 0 Å². The molecule has 2 N–H and O–H groups in total. The Labute approximate surface area is 160 Å². The maximum absolute atomic E-state index is 13.4. The molecule has 144 valence electrons. The van der Waals surface area contributed by atoms with Crippen LogP contribution in [-0.2, 0) is 0 Å². The number of rotatable bonds is 3. The van der Waals surface area contributed by atoms with Crippen molar-refractivity contribution < 1.29 is 23.1 Å². The van der Waals surface area contributed by atoms with Crippen molar-refractivity contribution in [3.63, 3.8) is 0 Å². The van der Waals surface area contributed by atoms with Gasteiger partial charge in [0.15, 0.2) is 0 Å². The number of amides is 2. The van der Waals surface area contributed by atoms with Gasteiger partial charge in [-0.1, -0.05) is 6.07 Å². The maximum Gasteiger partial charge on any atom is 0.412 e. The van der Waals surface area contributed by atoms with Crippen LogP contribution in [0.4, 0.5) is 14.9 Å². The minimum atomic E-state index is -0.932. The number of fused-ring (bicyclic) bond motifs is 1. The van der Waals surface area contributed by atoms with E-state index in [1.54, 1.807) is 23.1 Å². The summed E-state index contributed by atoms with van der Waals surface area (Å²) in [6.07, 6.45) is -0.932. The van der Waals surface area contributed by atoms with Gasteiger partial charge in [0.2, 0.25) is 0 Å². The lowest BCUT2D eigenvalue weighted by Crippen LogP contribution is -2.48. The Hall–Kier alpha value is -3.55. The van der Waals surface area contributed by atoms with Crippen molar-refractivity contribution in [2.45, 2.75) is 0 Å². The number of ether oxygens (including phenoxy) is 1. The van der Waals surface area contributed by atoms with E-state index in [-0.39, 0.29) is 11.9 Å². The SMILES string of the molecule is NC(=O)Oc1cc2cc(N3CCN(C(=O)c4cccc(F)c4)CC3)ccc2o1. The standard InChI is InChI=1S/C20H18FN3O4/c21-15-3-1-2-13(10-15)19(25)24-8-6-23(7-9-24)16-4-5-17-14(11-16)12-18(27-17)28-20(22)26/h1-5,10-12H,6-9H2,(H2,22,26). The predicted molar refractivity (Wildman–Crippen MR) is 101 cm³/mol. The van der Waals surface area contributed by atoms with Crippen LogP contribution in [0.2, 0.25) is 0 Å². The van der Waals surface area contributed by atoms with Crippen LogP contribution in [0.15, 0.2) is 52.9 Å². The first kappa shape index (κ1) is 17.8. The number of halogens is 1. The highest BCUT2D eigenvalue weighted by Gasteiger charge is 2.23. The van der Waals surface area contributed by atoms with E-state index >= 15 is 0 Å². The van der Waals surface area contributed by atoms with Crippen molar-refractivity contribution in [3.8, 4) is 5.95 Å². The van der Waals surface area contributed by atoms with Crippen molar-refractivity contribution in [1.82, 2.24) is 4.90 Å². The van der Waals surface area contributed by atoms with Crippen molar-refractivity contribution in [2.24, 2.45) is 5.73 Å². The molecule has 3 aromatic rings. The number of hydrogen-bond donors (Lipinski definition) is 1. The Balaban J connectivity index is 1.44. The molecule has 0 atom stereocenters. The van der Waals surface area contributed by atoms with E-state index in [0.717, 1.165) is 11.1 Å². The first-order valence-electron chi connectivity index (χ1n) is 8.80. The lowest BCUT2D eigenvalue weighted by atomic mass is 10.1. The van der Waals surface area contributed by atoms with Gasteiger partial charge in [-0.3, -0.25) is 4.79 Å². The molecule has 0 radical (unpaired) electrons. The fourth-order valence-corrected chi connectivity index (χ4v) is 3.32. The minimum Gasteiger partial charge on any atom is -0.425 e. The van der Waals surface area contributed by atoms with Crippen LogP contribution in [0.5, 0.6) is 5.95 Å². The van der Waals surface area contributed by atoms with Gasteiger partial charge in [0.05, 0.1) is 0 Å². The van der Waals surface area contributed by atoms with Crippen molar-refractivity contribution in [3.05, 3.63) is 59.9 Å². The van der Waals surface area contributed by atoms with Crippen molar-refractivity contribution >= 4 is 28.7 Å². The first-order valence-corrected chi connectivity index (χ1v) is 8.80. The average molecular weight is 383 g/mol. The van der Waals surface area contributed by atoms with E-state index in [1.165, 1.54) is 18.2 Å². The molecule has 1 aliphatic heterocycles. The summed E-state index contributed by atoms with van der Waals surface area (Å²) < 4.78 is 23.5. The summed E-state index contributed by atoms with van der Waals surface area (Å²) in [5, 5.41) is 0.784. The molecule has 1 aromatic heterocycles. The Morgan fingerprint density at radius 1 is 1.04 bits per heavy atom. The zero-order valence-electron chi connectivity index (χ0n) is 14.9. The molecule has 28 heavy (non-hydrogen) atoms. The van der Waals surface area contributed by atoms with Crippen molar-refractivity contribution in [1.29, 1.82) is 0 Å². The largest absolute Gasteiger partial charge is 0.425 e. The van der Waals surface area contributed by atoms with E-state index in [4.69, 9.17) is 14.9 Å². The lowest BCUT2D eigenvalue weighted by Gasteiger charge is -2.36. The summed E-state index contributed by atoms with van der Waals surface area (Å²) in [4.78, 5) is 27.3. The quantitative estimate of drug-likeness (QED) is 0.751. The molecule has 1 aliphatic rings. The molecule has 2 heterocycles. The summed E-state index contributed by atoms with van der Waals surface area (Å²) in [7, 11) is 0. The molecule has 0 spiro atoms. The predicted octanol–water partition coefficient (Wildman–Crippen LogP) is 2.99. The molecule has 8 heteroatoms. The molecular weight excluding hydrogens is 365 g/mol. The van der Waals surface area contributed by atoms with Gasteiger partial charge in [-0.25, -0.2) is 9.18 Å². The molecule has 7 nitrogen and oxygen atoms in total. The molecule has 0 aliphatic carbocycles. The Morgan fingerprint density at radius 2 is 1.82 bits per heavy atom. The highest BCUT2D eigenvalue weighted by atomic mass is 19.1. The van der Waals surface area contributed by atoms with Crippen molar-refractivity contribution in [2.75, 3.05) is 31.1 Å². The zero-order chi connectivity index (χ0) is 19.7. The molecule has 4 rings (SSSR count). The van der Waals surface area contributed by atoms with Gasteiger partial charge in [0.25, 0.3) is 11.9 Å². The fourth-order valence-electron chi connectivity index (χ4n) is 3.32.